The van der Waals surface area contributed by atoms with Crippen molar-refractivity contribution in [1.82, 2.24) is 0 Å². The minimum atomic E-state index is -0.519. The van der Waals surface area contributed by atoms with Crippen molar-refractivity contribution < 1.29 is 9.53 Å². The lowest BCUT2D eigenvalue weighted by Crippen LogP contribution is -2.29. The van der Waals surface area contributed by atoms with Gasteiger partial charge in [0.05, 0.1) is 5.41 Å². The van der Waals surface area contributed by atoms with Gasteiger partial charge in [0, 0.05) is 11.1 Å². The van der Waals surface area contributed by atoms with Gasteiger partial charge in [-0.15, -0.1) is 0 Å². The van der Waals surface area contributed by atoms with Crippen LogP contribution in [-0.2, 0) is 15.6 Å². The largest absolute Gasteiger partial charge is 0.426 e. The summed E-state index contributed by atoms with van der Waals surface area (Å²) < 4.78 is 5.91. The molecule has 0 amide bonds. The van der Waals surface area contributed by atoms with Gasteiger partial charge in [-0.3, -0.25) is 4.79 Å². The van der Waals surface area contributed by atoms with Crippen molar-refractivity contribution in [2.75, 3.05) is 0 Å². The molecule has 0 aromatic heterocycles. The summed E-state index contributed by atoms with van der Waals surface area (Å²) in [6.45, 7) is 20.7. The summed E-state index contributed by atoms with van der Waals surface area (Å²) in [6, 6.07) is 4.28. The fourth-order valence-corrected chi connectivity index (χ4v) is 2.24. The van der Waals surface area contributed by atoms with E-state index in [9.17, 15) is 4.79 Å². The van der Waals surface area contributed by atoms with Crippen LogP contribution in [0.3, 0.4) is 0 Å². The van der Waals surface area contributed by atoms with E-state index in [4.69, 9.17) is 4.74 Å². The zero-order valence-electron chi connectivity index (χ0n) is 16.0. The van der Waals surface area contributed by atoms with Crippen LogP contribution < -0.4 is 4.74 Å². The van der Waals surface area contributed by atoms with Gasteiger partial charge < -0.3 is 4.74 Å². The van der Waals surface area contributed by atoms with Gasteiger partial charge in [0.25, 0.3) is 0 Å². The molecule has 0 aliphatic rings. The second kappa shape index (κ2) is 5.72. The molecule has 0 bridgehead atoms. The molecule has 1 aromatic carbocycles. The zero-order valence-corrected chi connectivity index (χ0v) is 16.0. The van der Waals surface area contributed by atoms with Crippen LogP contribution in [0.5, 0.6) is 5.75 Å². The molecular weight excluding hydrogens is 272 g/mol. The summed E-state index contributed by atoms with van der Waals surface area (Å²) in [5.74, 6) is 0.554. The lowest BCUT2D eigenvalue weighted by molar-refractivity contribution is -0.143. The van der Waals surface area contributed by atoms with Crippen LogP contribution in [-0.4, -0.2) is 5.97 Å². The number of esters is 1. The van der Waals surface area contributed by atoms with Crippen LogP contribution in [0.2, 0.25) is 0 Å². The maximum Gasteiger partial charge on any atom is 0.316 e. The van der Waals surface area contributed by atoms with E-state index in [1.165, 1.54) is 5.56 Å². The first-order valence-electron chi connectivity index (χ1n) is 8.02. The van der Waals surface area contributed by atoms with Gasteiger partial charge in [-0.2, -0.15) is 0 Å². The Morgan fingerprint density at radius 1 is 0.818 bits per heavy atom. The Labute approximate surface area is 136 Å². The standard InChI is InChI=1S/C20H32O2/c1-13-11-14(18(2,3)4)16(15(12-13)19(5,6)7)22-17(21)20(8,9)10/h11-12H,1-10H3. The molecule has 0 radical (unpaired) electrons. The number of carbonyl (C=O) groups excluding carboxylic acids is 1. The zero-order chi connectivity index (χ0) is 17.5. The highest BCUT2D eigenvalue weighted by molar-refractivity contribution is 5.79. The molecule has 0 fully saturated rings. The Morgan fingerprint density at radius 2 is 1.18 bits per heavy atom. The van der Waals surface area contributed by atoms with E-state index in [1.54, 1.807) is 0 Å². The number of benzene rings is 1. The van der Waals surface area contributed by atoms with E-state index >= 15 is 0 Å². The third-order valence-electron chi connectivity index (χ3n) is 3.66. The second-order valence-electron chi connectivity index (χ2n) is 9.33. The molecule has 0 heterocycles. The van der Waals surface area contributed by atoms with Crippen molar-refractivity contribution in [3.8, 4) is 5.75 Å². The molecule has 0 saturated carbocycles. The van der Waals surface area contributed by atoms with Crippen LogP contribution in [0, 0.1) is 12.3 Å². The number of hydrogen-bond donors (Lipinski definition) is 0. The van der Waals surface area contributed by atoms with E-state index in [-0.39, 0.29) is 16.8 Å². The predicted molar refractivity (Wildman–Crippen MR) is 93.7 cm³/mol. The number of rotatable bonds is 1. The topological polar surface area (TPSA) is 26.3 Å². The molecule has 0 atom stereocenters. The maximum absolute atomic E-state index is 12.5. The monoisotopic (exact) mass is 304 g/mol. The summed E-state index contributed by atoms with van der Waals surface area (Å²) >= 11 is 0. The summed E-state index contributed by atoms with van der Waals surface area (Å²) in [5, 5.41) is 0. The van der Waals surface area contributed by atoms with Gasteiger partial charge in [0.15, 0.2) is 0 Å². The van der Waals surface area contributed by atoms with Crippen molar-refractivity contribution >= 4 is 5.97 Å². The van der Waals surface area contributed by atoms with Crippen LogP contribution in [0.4, 0.5) is 0 Å². The Bertz CT molecular complexity index is 526. The first-order chi connectivity index (χ1) is 9.64. The minimum absolute atomic E-state index is 0.0838. The first kappa shape index (κ1) is 18.7. The summed E-state index contributed by atoms with van der Waals surface area (Å²) in [6.07, 6.45) is 0. The SMILES string of the molecule is Cc1cc(C(C)(C)C)c(OC(=O)C(C)(C)C)c(C(C)(C)C)c1. The normalized spacial score (nSPS) is 13.2. The number of hydrogen-bond acceptors (Lipinski definition) is 2. The molecule has 2 heteroatoms. The number of carbonyl (C=O) groups is 1. The number of aryl methyl sites for hydroxylation is 1. The van der Waals surface area contributed by atoms with E-state index in [0.717, 1.165) is 16.9 Å². The minimum Gasteiger partial charge on any atom is -0.426 e. The molecule has 2 nitrogen and oxygen atoms in total. The summed E-state index contributed by atoms with van der Waals surface area (Å²) in [4.78, 5) is 12.5. The van der Waals surface area contributed by atoms with Crippen molar-refractivity contribution in [3.05, 3.63) is 28.8 Å². The highest BCUT2D eigenvalue weighted by Gasteiger charge is 2.31. The van der Waals surface area contributed by atoms with Gasteiger partial charge in [-0.25, -0.2) is 0 Å². The molecule has 124 valence electrons. The molecule has 0 saturated heterocycles. The van der Waals surface area contributed by atoms with Gasteiger partial charge in [-0.1, -0.05) is 59.2 Å². The van der Waals surface area contributed by atoms with Gasteiger partial charge in [-0.05, 0) is 38.5 Å². The molecule has 0 spiro atoms. The molecule has 22 heavy (non-hydrogen) atoms. The summed E-state index contributed by atoms with van der Waals surface area (Å²) in [5.41, 5.74) is 2.70. The fourth-order valence-electron chi connectivity index (χ4n) is 2.24. The average Bonchev–Trinajstić information content (AvgIpc) is 2.26. The van der Waals surface area contributed by atoms with E-state index in [2.05, 4.69) is 60.6 Å². The third kappa shape index (κ3) is 4.34. The second-order valence-corrected chi connectivity index (χ2v) is 9.33. The van der Waals surface area contributed by atoms with E-state index in [0.29, 0.717) is 0 Å². The molecule has 0 aliphatic carbocycles. The molecular formula is C20H32O2. The smallest absolute Gasteiger partial charge is 0.316 e. The van der Waals surface area contributed by atoms with Gasteiger partial charge >= 0.3 is 5.97 Å². The molecule has 0 N–H and O–H groups in total. The van der Waals surface area contributed by atoms with Crippen LogP contribution >= 0.6 is 0 Å². The third-order valence-corrected chi connectivity index (χ3v) is 3.66. The first-order valence-corrected chi connectivity index (χ1v) is 8.02. The van der Waals surface area contributed by atoms with Gasteiger partial charge in [0.2, 0.25) is 0 Å². The van der Waals surface area contributed by atoms with Crippen molar-refractivity contribution in [2.45, 2.75) is 80.1 Å². The van der Waals surface area contributed by atoms with Crippen molar-refractivity contribution in [2.24, 2.45) is 5.41 Å². The van der Waals surface area contributed by atoms with Crippen LogP contribution in [0.1, 0.15) is 79.0 Å². The molecule has 0 unspecified atom stereocenters. The van der Waals surface area contributed by atoms with Gasteiger partial charge in [0.1, 0.15) is 5.75 Å². The lowest BCUT2D eigenvalue weighted by atomic mass is 9.78. The Balaban J connectivity index is 3.60. The Kier molecular flexibility index (Phi) is 4.87. The fraction of sp³-hybridized carbons (Fsp3) is 0.650. The van der Waals surface area contributed by atoms with Crippen LogP contribution in [0.25, 0.3) is 0 Å². The number of ether oxygens (including phenoxy) is 1. The van der Waals surface area contributed by atoms with Crippen LogP contribution in [0.15, 0.2) is 12.1 Å². The average molecular weight is 304 g/mol. The van der Waals surface area contributed by atoms with Crippen molar-refractivity contribution in [1.29, 1.82) is 0 Å². The van der Waals surface area contributed by atoms with E-state index in [1.807, 2.05) is 20.8 Å². The highest BCUT2D eigenvalue weighted by Crippen LogP contribution is 2.41. The summed E-state index contributed by atoms with van der Waals surface area (Å²) in [7, 11) is 0. The van der Waals surface area contributed by atoms with E-state index < -0.39 is 5.41 Å². The Hall–Kier alpha value is -1.31. The molecule has 0 aliphatic heterocycles. The predicted octanol–water partition coefficient (Wildman–Crippen LogP) is 5.54. The quantitative estimate of drug-likeness (QED) is 0.503. The highest BCUT2D eigenvalue weighted by atomic mass is 16.5. The molecule has 1 aromatic rings. The Morgan fingerprint density at radius 3 is 1.45 bits per heavy atom. The molecule has 1 rings (SSSR count). The van der Waals surface area contributed by atoms with Crippen molar-refractivity contribution in [3.63, 3.8) is 0 Å². The maximum atomic E-state index is 12.5. The lowest BCUT2D eigenvalue weighted by Gasteiger charge is -2.31.